The average molecular weight is 248 g/mol. The van der Waals surface area contributed by atoms with E-state index in [1.165, 1.54) is 0 Å². The fraction of sp³-hybridized carbons (Fsp3) is 0.500. The van der Waals surface area contributed by atoms with Gasteiger partial charge in [0.2, 0.25) is 0 Å². The highest BCUT2D eigenvalue weighted by Crippen LogP contribution is 2.40. The average Bonchev–Trinajstić information content (AvgIpc) is 2.38. The molecule has 18 heavy (non-hydrogen) atoms. The maximum Gasteiger partial charge on any atom is 0.199 e. The van der Waals surface area contributed by atoms with Gasteiger partial charge in [-0.2, -0.15) is 0 Å². The highest BCUT2D eigenvalue weighted by Gasteiger charge is 2.48. The molecule has 0 amide bonds. The molecule has 1 saturated heterocycles. The molecular formula is C14H16O4. The van der Waals surface area contributed by atoms with E-state index in [1.807, 2.05) is 6.92 Å². The van der Waals surface area contributed by atoms with Gasteiger partial charge >= 0.3 is 0 Å². The molecule has 0 spiro atoms. The number of fused-ring (bicyclic) bond motifs is 2. The van der Waals surface area contributed by atoms with Crippen LogP contribution in [-0.2, 0) is 4.74 Å². The summed E-state index contributed by atoms with van der Waals surface area (Å²) in [6.07, 6.45) is 1.27. The van der Waals surface area contributed by atoms with Crippen molar-refractivity contribution in [2.24, 2.45) is 0 Å². The lowest BCUT2D eigenvalue weighted by atomic mass is 9.83. The first-order chi connectivity index (χ1) is 8.64. The highest BCUT2D eigenvalue weighted by atomic mass is 16.6. The number of rotatable bonds is 1. The summed E-state index contributed by atoms with van der Waals surface area (Å²) in [5.41, 5.74) is 0.0235. The number of ether oxygens (including phenoxy) is 3. The minimum Gasteiger partial charge on any atom is -0.497 e. The van der Waals surface area contributed by atoms with Crippen LogP contribution in [0.2, 0.25) is 0 Å². The lowest BCUT2D eigenvalue weighted by Crippen LogP contribution is -2.56. The minimum atomic E-state index is -0.531. The quantitative estimate of drug-likeness (QED) is 0.764. The molecule has 96 valence electrons. The van der Waals surface area contributed by atoms with Gasteiger partial charge in [-0.1, -0.05) is 0 Å². The van der Waals surface area contributed by atoms with Crippen LogP contribution in [0.5, 0.6) is 11.5 Å². The van der Waals surface area contributed by atoms with Crippen LogP contribution in [-0.4, -0.2) is 31.2 Å². The predicted octanol–water partition coefficient (Wildman–Crippen LogP) is 2.21. The van der Waals surface area contributed by atoms with Crippen molar-refractivity contribution in [3.63, 3.8) is 0 Å². The van der Waals surface area contributed by atoms with Gasteiger partial charge in [-0.15, -0.1) is 0 Å². The van der Waals surface area contributed by atoms with E-state index in [0.717, 1.165) is 12.8 Å². The first-order valence-electron chi connectivity index (χ1n) is 6.17. The third-order valence-electron chi connectivity index (χ3n) is 3.69. The van der Waals surface area contributed by atoms with E-state index in [9.17, 15) is 4.79 Å². The Hall–Kier alpha value is -1.55. The van der Waals surface area contributed by atoms with Crippen LogP contribution in [0.3, 0.4) is 0 Å². The molecule has 0 bridgehead atoms. The molecule has 1 aromatic carbocycles. The summed E-state index contributed by atoms with van der Waals surface area (Å²) in [5, 5.41) is 0. The van der Waals surface area contributed by atoms with Gasteiger partial charge in [-0.05, 0) is 38.0 Å². The van der Waals surface area contributed by atoms with E-state index in [-0.39, 0.29) is 5.78 Å². The van der Waals surface area contributed by atoms with Gasteiger partial charge in [0.1, 0.15) is 17.1 Å². The molecule has 3 rings (SSSR count). The molecule has 4 nitrogen and oxygen atoms in total. The first-order valence-corrected chi connectivity index (χ1v) is 6.17. The van der Waals surface area contributed by atoms with Crippen LogP contribution in [0.1, 0.15) is 30.1 Å². The van der Waals surface area contributed by atoms with Crippen molar-refractivity contribution in [2.75, 3.05) is 13.7 Å². The maximum absolute atomic E-state index is 12.5. The summed E-state index contributed by atoms with van der Waals surface area (Å²) < 4.78 is 16.7. The highest BCUT2D eigenvalue weighted by molar-refractivity contribution is 6.04. The molecule has 0 N–H and O–H groups in total. The zero-order valence-corrected chi connectivity index (χ0v) is 10.6. The lowest BCUT2D eigenvalue weighted by molar-refractivity contribution is -0.106. The van der Waals surface area contributed by atoms with Crippen LogP contribution in [0.4, 0.5) is 0 Å². The maximum atomic E-state index is 12.5. The van der Waals surface area contributed by atoms with Crippen LogP contribution in [0.15, 0.2) is 18.2 Å². The monoisotopic (exact) mass is 248 g/mol. The van der Waals surface area contributed by atoms with Crippen molar-refractivity contribution >= 4 is 5.78 Å². The Balaban J connectivity index is 2.06. The van der Waals surface area contributed by atoms with Crippen molar-refractivity contribution in [3.05, 3.63) is 23.8 Å². The van der Waals surface area contributed by atoms with Gasteiger partial charge in [0, 0.05) is 6.61 Å². The van der Waals surface area contributed by atoms with Crippen molar-refractivity contribution in [2.45, 2.75) is 31.5 Å². The number of ketones is 1. The van der Waals surface area contributed by atoms with E-state index >= 15 is 0 Å². The third-order valence-corrected chi connectivity index (χ3v) is 3.69. The molecular weight excluding hydrogens is 232 g/mol. The molecule has 4 heteroatoms. The van der Waals surface area contributed by atoms with Crippen molar-refractivity contribution in [1.29, 1.82) is 0 Å². The molecule has 0 saturated carbocycles. The summed E-state index contributed by atoms with van der Waals surface area (Å²) in [7, 11) is 1.58. The second-order valence-electron chi connectivity index (χ2n) is 5.00. The Morgan fingerprint density at radius 2 is 2.28 bits per heavy atom. The standard InChI is InChI=1S/C14H16O4/c1-14-6-3-7-17-13(14)12(15)10-8-9(16-2)4-5-11(10)18-14/h4-5,8,13H,3,6-7H2,1-2H3/t13-,14+/m1/s1. The number of benzene rings is 1. The molecule has 1 aromatic rings. The Labute approximate surface area is 106 Å². The molecule has 0 radical (unpaired) electrons. The Kier molecular flexibility index (Phi) is 2.55. The number of carbonyl (C=O) groups is 1. The Morgan fingerprint density at radius 3 is 3.06 bits per heavy atom. The number of hydrogen-bond donors (Lipinski definition) is 0. The van der Waals surface area contributed by atoms with Gasteiger partial charge in [0.15, 0.2) is 11.9 Å². The van der Waals surface area contributed by atoms with E-state index in [2.05, 4.69) is 0 Å². The number of hydrogen-bond acceptors (Lipinski definition) is 4. The summed E-state index contributed by atoms with van der Waals surface area (Å²) in [4.78, 5) is 12.5. The van der Waals surface area contributed by atoms with Gasteiger partial charge in [-0.3, -0.25) is 4.79 Å². The molecule has 0 unspecified atom stereocenters. The van der Waals surface area contributed by atoms with Gasteiger partial charge in [0.25, 0.3) is 0 Å². The smallest absolute Gasteiger partial charge is 0.199 e. The number of Topliss-reactive ketones (excluding diaryl/α,β-unsaturated/α-hetero) is 1. The second kappa shape index (κ2) is 3.99. The van der Waals surface area contributed by atoms with E-state index in [1.54, 1.807) is 25.3 Å². The van der Waals surface area contributed by atoms with Crippen LogP contribution in [0, 0.1) is 0 Å². The molecule has 1 fully saturated rings. The van der Waals surface area contributed by atoms with E-state index in [0.29, 0.717) is 23.7 Å². The predicted molar refractivity (Wildman–Crippen MR) is 65.3 cm³/mol. The van der Waals surface area contributed by atoms with Crippen LogP contribution < -0.4 is 9.47 Å². The fourth-order valence-corrected chi connectivity index (χ4v) is 2.70. The number of carbonyl (C=O) groups excluding carboxylic acids is 1. The Bertz CT molecular complexity index is 497. The molecule has 0 aliphatic carbocycles. The zero-order valence-electron chi connectivity index (χ0n) is 10.6. The van der Waals surface area contributed by atoms with Gasteiger partial charge < -0.3 is 14.2 Å². The fourth-order valence-electron chi connectivity index (χ4n) is 2.70. The van der Waals surface area contributed by atoms with E-state index in [4.69, 9.17) is 14.2 Å². The van der Waals surface area contributed by atoms with Crippen molar-refractivity contribution < 1.29 is 19.0 Å². The van der Waals surface area contributed by atoms with E-state index < -0.39 is 11.7 Å². The minimum absolute atomic E-state index is 0.00245. The van der Waals surface area contributed by atoms with Crippen molar-refractivity contribution in [1.82, 2.24) is 0 Å². The lowest BCUT2D eigenvalue weighted by Gasteiger charge is -2.43. The number of methoxy groups -OCH3 is 1. The summed E-state index contributed by atoms with van der Waals surface area (Å²) in [5.74, 6) is 1.28. The normalized spacial score (nSPS) is 30.1. The van der Waals surface area contributed by atoms with Gasteiger partial charge in [0.05, 0.1) is 12.7 Å². The SMILES string of the molecule is COc1ccc2c(c1)C(=O)[C@H]1OCCC[C@]1(C)O2. The molecule has 2 aliphatic heterocycles. The zero-order chi connectivity index (χ0) is 12.8. The third kappa shape index (κ3) is 1.60. The molecule has 2 heterocycles. The molecule has 2 atom stereocenters. The summed E-state index contributed by atoms with van der Waals surface area (Å²) in [6, 6.07) is 5.32. The largest absolute Gasteiger partial charge is 0.497 e. The van der Waals surface area contributed by atoms with Crippen LogP contribution in [0.25, 0.3) is 0 Å². The second-order valence-corrected chi connectivity index (χ2v) is 5.00. The van der Waals surface area contributed by atoms with Crippen molar-refractivity contribution in [3.8, 4) is 11.5 Å². The van der Waals surface area contributed by atoms with Crippen LogP contribution >= 0.6 is 0 Å². The summed E-state index contributed by atoms with van der Waals surface area (Å²) >= 11 is 0. The Morgan fingerprint density at radius 1 is 1.44 bits per heavy atom. The summed E-state index contributed by atoms with van der Waals surface area (Å²) in [6.45, 7) is 2.57. The topological polar surface area (TPSA) is 44.8 Å². The van der Waals surface area contributed by atoms with Gasteiger partial charge in [-0.25, -0.2) is 0 Å². The molecule has 2 aliphatic rings. The molecule has 0 aromatic heterocycles. The first kappa shape index (κ1) is 11.5.